The van der Waals surface area contributed by atoms with Crippen molar-refractivity contribution < 1.29 is 4.74 Å². The molecule has 2 rings (SSSR count). The predicted octanol–water partition coefficient (Wildman–Crippen LogP) is 0.735. The lowest BCUT2D eigenvalue weighted by atomic mass is 10.1. The van der Waals surface area contributed by atoms with Gasteiger partial charge in [-0.2, -0.15) is 5.10 Å². The summed E-state index contributed by atoms with van der Waals surface area (Å²) >= 11 is 0. The van der Waals surface area contributed by atoms with Gasteiger partial charge in [-0.3, -0.25) is 0 Å². The van der Waals surface area contributed by atoms with Crippen LogP contribution in [0.5, 0.6) is 5.75 Å². The van der Waals surface area contributed by atoms with Crippen LogP contribution in [0.4, 0.5) is 0 Å². The second-order valence-electron chi connectivity index (χ2n) is 3.04. The van der Waals surface area contributed by atoms with E-state index >= 15 is 0 Å². The number of benzene rings is 1. The minimum Gasteiger partial charge on any atom is -0.497 e. The quantitative estimate of drug-likeness (QED) is 0.800. The Morgan fingerprint density at radius 1 is 1.47 bits per heavy atom. The van der Waals surface area contributed by atoms with E-state index in [0.717, 1.165) is 17.0 Å². The van der Waals surface area contributed by atoms with Crippen molar-refractivity contribution in [3.05, 3.63) is 36.4 Å². The fraction of sp³-hybridized carbons (Fsp3) is 0.200. The summed E-state index contributed by atoms with van der Waals surface area (Å²) in [7, 11) is 1.63. The van der Waals surface area contributed by atoms with Gasteiger partial charge >= 0.3 is 0 Å². The standard InChI is InChI=1S/C10H12N4O/c1-15-9-2-3-10(8(4-9)5-11)14-7-12-6-13-14/h2-4,6-7H,5,11H2,1H3. The largest absolute Gasteiger partial charge is 0.497 e. The maximum Gasteiger partial charge on any atom is 0.138 e. The molecule has 0 aliphatic heterocycles. The first-order valence-electron chi connectivity index (χ1n) is 4.57. The lowest BCUT2D eigenvalue weighted by Gasteiger charge is -2.08. The van der Waals surface area contributed by atoms with Crippen LogP contribution in [0.15, 0.2) is 30.9 Å². The molecule has 15 heavy (non-hydrogen) atoms. The molecule has 5 heteroatoms. The Bertz CT molecular complexity index is 439. The Morgan fingerprint density at radius 3 is 2.93 bits per heavy atom. The van der Waals surface area contributed by atoms with Crippen LogP contribution in [0.3, 0.4) is 0 Å². The van der Waals surface area contributed by atoms with Crippen molar-refractivity contribution in [3.63, 3.8) is 0 Å². The second-order valence-corrected chi connectivity index (χ2v) is 3.04. The van der Waals surface area contributed by atoms with Crippen LogP contribution < -0.4 is 10.5 Å². The Morgan fingerprint density at radius 2 is 2.33 bits per heavy atom. The number of nitrogens with two attached hydrogens (primary N) is 1. The first kappa shape index (κ1) is 9.67. The highest BCUT2D eigenvalue weighted by Gasteiger charge is 2.05. The predicted molar refractivity (Wildman–Crippen MR) is 55.8 cm³/mol. The molecule has 0 bridgehead atoms. The van der Waals surface area contributed by atoms with E-state index in [1.54, 1.807) is 18.1 Å². The monoisotopic (exact) mass is 204 g/mol. The van der Waals surface area contributed by atoms with Crippen molar-refractivity contribution in [1.82, 2.24) is 14.8 Å². The van der Waals surface area contributed by atoms with Gasteiger partial charge in [-0.05, 0) is 23.8 Å². The SMILES string of the molecule is COc1ccc(-n2cncn2)c(CN)c1. The molecule has 0 spiro atoms. The van der Waals surface area contributed by atoms with Crippen molar-refractivity contribution in [2.75, 3.05) is 7.11 Å². The number of nitrogens with zero attached hydrogens (tertiary/aromatic N) is 3. The van der Waals surface area contributed by atoms with Crippen molar-refractivity contribution >= 4 is 0 Å². The van der Waals surface area contributed by atoms with Gasteiger partial charge in [-0.15, -0.1) is 0 Å². The van der Waals surface area contributed by atoms with Crippen LogP contribution in [-0.4, -0.2) is 21.9 Å². The smallest absolute Gasteiger partial charge is 0.138 e. The number of methoxy groups -OCH3 is 1. The number of ether oxygens (including phenoxy) is 1. The summed E-state index contributed by atoms with van der Waals surface area (Å²) in [4.78, 5) is 3.90. The van der Waals surface area contributed by atoms with Crippen LogP contribution in [0.1, 0.15) is 5.56 Å². The Balaban J connectivity index is 2.48. The molecule has 0 radical (unpaired) electrons. The van der Waals surface area contributed by atoms with E-state index in [4.69, 9.17) is 10.5 Å². The highest BCUT2D eigenvalue weighted by atomic mass is 16.5. The summed E-state index contributed by atoms with van der Waals surface area (Å²) in [6, 6.07) is 5.68. The molecule has 2 aromatic rings. The number of rotatable bonds is 3. The molecule has 2 N–H and O–H groups in total. The molecule has 78 valence electrons. The van der Waals surface area contributed by atoms with E-state index in [9.17, 15) is 0 Å². The van der Waals surface area contributed by atoms with Crippen molar-refractivity contribution in [3.8, 4) is 11.4 Å². The summed E-state index contributed by atoms with van der Waals surface area (Å²) in [5.74, 6) is 0.791. The van der Waals surface area contributed by atoms with Crippen LogP contribution in [0.2, 0.25) is 0 Å². The summed E-state index contributed by atoms with van der Waals surface area (Å²) in [5, 5.41) is 4.06. The molecule has 0 unspecified atom stereocenters. The van der Waals surface area contributed by atoms with Gasteiger partial charge in [0.05, 0.1) is 12.8 Å². The average molecular weight is 204 g/mol. The van der Waals surface area contributed by atoms with Crippen LogP contribution in [0, 0.1) is 0 Å². The number of hydrogen-bond donors (Lipinski definition) is 1. The molecular weight excluding hydrogens is 192 g/mol. The van der Waals surface area contributed by atoms with Gasteiger partial charge in [0.1, 0.15) is 18.4 Å². The minimum atomic E-state index is 0.437. The van der Waals surface area contributed by atoms with Gasteiger partial charge in [0.2, 0.25) is 0 Å². The van der Waals surface area contributed by atoms with E-state index in [2.05, 4.69) is 10.1 Å². The summed E-state index contributed by atoms with van der Waals surface area (Å²) in [5.41, 5.74) is 7.56. The highest BCUT2D eigenvalue weighted by Crippen LogP contribution is 2.19. The Kier molecular flexibility index (Phi) is 2.64. The zero-order valence-corrected chi connectivity index (χ0v) is 8.42. The van der Waals surface area contributed by atoms with E-state index in [1.807, 2.05) is 18.2 Å². The van der Waals surface area contributed by atoms with E-state index in [-0.39, 0.29) is 0 Å². The molecule has 0 saturated carbocycles. The average Bonchev–Trinajstić information content (AvgIpc) is 2.81. The fourth-order valence-electron chi connectivity index (χ4n) is 1.41. The van der Waals surface area contributed by atoms with Gasteiger partial charge in [-0.25, -0.2) is 9.67 Å². The van der Waals surface area contributed by atoms with Gasteiger partial charge in [-0.1, -0.05) is 0 Å². The van der Waals surface area contributed by atoms with Crippen LogP contribution >= 0.6 is 0 Å². The fourth-order valence-corrected chi connectivity index (χ4v) is 1.41. The maximum absolute atomic E-state index is 5.66. The van der Waals surface area contributed by atoms with Crippen molar-refractivity contribution in [1.29, 1.82) is 0 Å². The maximum atomic E-state index is 5.66. The molecule has 0 aliphatic rings. The highest BCUT2D eigenvalue weighted by molar-refractivity contribution is 5.44. The molecule has 0 aliphatic carbocycles. The minimum absolute atomic E-state index is 0.437. The van der Waals surface area contributed by atoms with Gasteiger partial charge in [0.25, 0.3) is 0 Å². The molecular formula is C10H12N4O. The zero-order chi connectivity index (χ0) is 10.7. The Labute approximate surface area is 87.5 Å². The van der Waals surface area contributed by atoms with Gasteiger partial charge in [0, 0.05) is 6.54 Å². The molecule has 0 amide bonds. The topological polar surface area (TPSA) is 66.0 Å². The lowest BCUT2D eigenvalue weighted by Crippen LogP contribution is -2.05. The van der Waals surface area contributed by atoms with Crippen LogP contribution in [-0.2, 0) is 6.54 Å². The van der Waals surface area contributed by atoms with E-state index in [1.165, 1.54) is 6.33 Å². The van der Waals surface area contributed by atoms with Gasteiger partial charge in [0.15, 0.2) is 0 Å². The molecule has 0 fully saturated rings. The molecule has 1 aromatic heterocycles. The van der Waals surface area contributed by atoms with Crippen LogP contribution in [0.25, 0.3) is 5.69 Å². The third kappa shape index (κ3) is 1.82. The summed E-state index contributed by atoms with van der Waals surface area (Å²) < 4.78 is 6.81. The first-order valence-corrected chi connectivity index (χ1v) is 4.57. The van der Waals surface area contributed by atoms with E-state index < -0.39 is 0 Å². The third-order valence-corrected chi connectivity index (χ3v) is 2.17. The molecule has 1 heterocycles. The molecule has 1 aromatic carbocycles. The van der Waals surface area contributed by atoms with Crippen molar-refractivity contribution in [2.45, 2.75) is 6.54 Å². The normalized spacial score (nSPS) is 10.3. The van der Waals surface area contributed by atoms with Gasteiger partial charge < -0.3 is 10.5 Å². The Hall–Kier alpha value is -1.88. The first-order chi connectivity index (χ1) is 7.35. The number of aromatic nitrogens is 3. The third-order valence-electron chi connectivity index (χ3n) is 2.17. The van der Waals surface area contributed by atoms with Crippen molar-refractivity contribution in [2.24, 2.45) is 5.73 Å². The molecule has 0 atom stereocenters. The molecule has 5 nitrogen and oxygen atoms in total. The number of hydrogen-bond acceptors (Lipinski definition) is 4. The summed E-state index contributed by atoms with van der Waals surface area (Å²) in [6.07, 6.45) is 3.13. The zero-order valence-electron chi connectivity index (χ0n) is 8.42. The lowest BCUT2D eigenvalue weighted by molar-refractivity contribution is 0.414. The second kappa shape index (κ2) is 4.10. The van der Waals surface area contributed by atoms with E-state index in [0.29, 0.717) is 6.54 Å². The molecule has 0 saturated heterocycles. The summed E-state index contributed by atoms with van der Waals surface area (Å²) in [6.45, 7) is 0.437.